The lowest BCUT2D eigenvalue weighted by Gasteiger charge is -2.06. The van der Waals surface area contributed by atoms with Crippen LogP contribution >= 0.6 is 11.8 Å². The molecule has 1 heterocycles. The number of aromatic hydroxyl groups is 1. The molecule has 0 atom stereocenters. The molecule has 0 spiro atoms. The number of hydrogen-bond donors (Lipinski definition) is 1. The standard InChI is InChI=1S/C17H14O3S/c1-2-20-14-9-11(7-8-13(14)18)10-16-17(19)12-5-3-4-6-15(12)21-16/h3-10,18H,2H2,1H3. The number of ether oxygens (including phenoxy) is 1. The summed E-state index contributed by atoms with van der Waals surface area (Å²) in [5.74, 6) is 0.578. The van der Waals surface area contributed by atoms with Gasteiger partial charge in [-0.25, -0.2) is 0 Å². The molecule has 106 valence electrons. The second-order valence-corrected chi connectivity index (χ2v) is 5.68. The van der Waals surface area contributed by atoms with Crippen LogP contribution in [-0.4, -0.2) is 17.5 Å². The summed E-state index contributed by atoms with van der Waals surface area (Å²) in [6, 6.07) is 12.7. The monoisotopic (exact) mass is 298 g/mol. The summed E-state index contributed by atoms with van der Waals surface area (Å²) in [6.07, 6.45) is 1.83. The third-order valence-corrected chi connectivity index (χ3v) is 4.26. The molecule has 0 unspecified atom stereocenters. The number of benzene rings is 2. The molecule has 1 N–H and O–H groups in total. The van der Waals surface area contributed by atoms with Crippen LogP contribution in [0.3, 0.4) is 0 Å². The fourth-order valence-corrected chi connectivity index (χ4v) is 3.23. The number of phenolic OH excluding ortho intramolecular Hbond substituents is 1. The maximum absolute atomic E-state index is 12.3. The largest absolute Gasteiger partial charge is 0.504 e. The smallest absolute Gasteiger partial charge is 0.200 e. The van der Waals surface area contributed by atoms with E-state index in [0.717, 1.165) is 16.0 Å². The Labute approximate surface area is 127 Å². The van der Waals surface area contributed by atoms with Gasteiger partial charge in [-0.2, -0.15) is 0 Å². The quantitative estimate of drug-likeness (QED) is 0.866. The molecule has 2 aromatic carbocycles. The molecule has 0 saturated carbocycles. The van der Waals surface area contributed by atoms with Crippen LogP contribution in [0.4, 0.5) is 0 Å². The topological polar surface area (TPSA) is 46.5 Å². The van der Waals surface area contributed by atoms with E-state index in [1.54, 1.807) is 18.2 Å². The number of Topliss-reactive ketones (excluding diaryl/α,β-unsaturated/α-hetero) is 1. The lowest BCUT2D eigenvalue weighted by molar-refractivity contribution is 0.104. The fourth-order valence-electron chi connectivity index (χ4n) is 2.18. The van der Waals surface area contributed by atoms with E-state index in [2.05, 4.69) is 0 Å². The lowest BCUT2D eigenvalue weighted by atomic mass is 10.1. The molecule has 0 radical (unpaired) electrons. The molecule has 1 aliphatic rings. The summed E-state index contributed by atoms with van der Waals surface area (Å²) in [7, 11) is 0. The zero-order valence-corrected chi connectivity index (χ0v) is 12.3. The van der Waals surface area contributed by atoms with Crippen LogP contribution in [0, 0.1) is 0 Å². The van der Waals surface area contributed by atoms with Crippen molar-refractivity contribution in [3.05, 3.63) is 58.5 Å². The van der Waals surface area contributed by atoms with Crippen molar-refractivity contribution in [1.29, 1.82) is 0 Å². The minimum absolute atomic E-state index is 0.0432. The first-order valence-electron chi connectivity index (χ1n) is 6.68. The molecule has 0 aliphatic carbocycles. The molecule has 0 aromatic heterocycles. The van der Waals surface area contributed by atoms with E-state index in [9.17, 15) is 9.90 Å². The van der Waals surface area contributed by atoms with Gasteiger partial charge >= 0.3 is 0 Å². The van der Waals surface area contributed by atoms with Crippen molar-refractivity contribution in [2.24, 2.45) is 0 Å². The van der Waals surface area contributed by atoms with Gasteiger partial charge in [-0.15, -0.1) is 0 Å². The van der Waals surface area contributed by atoms with Crippen molar-refractivity contribution < 1.29 is 14.6 Å². The Kier molecular flexibility index (Phi) is 3.71. The Morgan fingerprint density at radius 2 is 2.05 bits per heavy atom. The van der Waals surface area contributed by atoms with Crippen LogP contribution in [-0.2, 0) is 0 Å². The van der Waals surface area contributed by atoms with Gasteiger partial charge in [0, 0.05) is 10.5 Å². The zero-order chi connectivity index (χ0) is 14.8. The Bertz CT molecular complexity index is 735. The van der Waals surface area contributed by atoms with Crippen molar-refractivity contribution in [1.82, 2.24) is 0 Å². The number of phenols is 1. The number of carbonyl (C=O) groups is 1. The number of carbonyl (C=O) groups excluding carboxylic acids is 1. The average molecular weight is 298 g/mol. The molecule has 0 amide bonds. The Morgan fingerprint density at radius 3 is 2.81 bits per heavy atom. The van der Waals surface area contributed by atoms with Gasteiger partial charge in [0.15, 0.2) is 11.5 Å². The Morgan fingerprint density at radius 1 is 1.24 bits per heavy atom. The van der Waals surface area contributed by atoms with Crippen LogP contribution in [0.2, 0.25) is 0 Å². The maximum atomic E-state index is 12.3. The third kappa shape index (κ3) is 2.67. The number of thioether (sulfide) groups is 1. The van der Waals surface area contributed by atoms with E-state index in [-0.39, 0.29) is 11.5 Å². The minimum Gasteiger partial charge on any atom is -0.504 e. The molecular formula is C17H14O3S. The first-order chi connectivity index (χ1) is 10.2. The zero-order valence-electron chi connectivity index (χ0n) is 11.5. The number of fused-ring (bicyclic) bond motifs is 1. The summed E-state index contributed by atoms with van der Waals surface area (Å²) in [5.41, 5.74) is 1.58. The highest BCUT2D eigenvalue weighted by Crippen LogP contribution is 2.41. The molecule has 2 aromatic rings. The summed E-state index contributed by atoms with van der Waals surface area (Å²) in [6.45, 7) is 2.34. The van der Waals surface area contributed by atoms with E-state index in [1.165, 1.54) is 11.8 Å². The molecule has 3 rings (SSSR count). The van der Waals surface area contributed by atoms with E-state index in [4.69, 9.17) is 4.74 Å². The van der Waals surface area contributed by atoms with E-state index < -0.39 is 0 Å². The summed E-state index contributed by atoms with van der Waals surface area (Å²) in [5, 5.41) is 9.70. The molecule has 0 fully saturated rings. The van der Waals surface area contributed by atoms with Crippen LogP contribution in [0.5, 0.6) is 11.5 Å². The van der Waals surface area contributed by atoms with Crippen molar-refractivity contribution in [3.63, 3.8) is 0 Å². The van der Waals surface area contributed by atoms with Crippen molar-refractivity contribution in [2.45, 2.75) is 11.8 Å². The number of hydrogen-bond acceptors (Lipinski definition) is 4. The van der Waals surface area contributed by atoms with Gasteiger partial charge in [0.25, 0.3) is 0 Å². The van der Waals surface area contributed by atoms with Crippen molar-refractivity contribution >= 4 is 23.6 Å². The maximum Gasteiger partial charge on any atom is 0.200 e. The van der Waals surface area contributed by atoms with Crippen molar-refractivity contribution in [3.8, 4) is 11.5 Å². The number of allylic oxidation sites excluding steroid dienone is 1. The summed E-state index contributed by atoms with van der Waals surface area (Å²) in [4.78, 5) is 14.0. The van der Waals surface area contributed by atoms with E-state index in [1.807, 2.05) is 37.3 Å². The van der Waals surface area contributed by atoms with Crippen LogP contribution in [0.15, 0.2) is 52.3 Å². The second kappa shape index (κ2) is 5.66. The van der Waals surface area contributed by atoms with Gasteiger partial charge in [0.2, 0.25) is 5.78 Å². The molecular weight excluding hydrogens is 284 g/mol. The third-order valence-electron chi connectivity index (χ3n) is 3.16. The molecule has 3 nitrogen and oxygen atoms in total. The Hall–Kier alpha value is -2.20. The Balaban J connectivity index is 1.94. The minimum atomic E-state index is 0.0432. The second-order valence-electron chi connectivity index (χ2n) is 4.60. The predicted molar refractivity (Wildman–Crippen MR) is 83.9 cm³/mol. The van der Waals surface area contributed by atoms with Gasteiger partial charge in [0.05, 0.1) is 11.5 Å². The summed E-state index contributed by atoms with van der Waals surface area (Å²) < 4.78 is 5.36. The van der Waals surface area contributed by atoms with Gasteiger partial charge < -0.3 is 9.84 Å². The number of ketones is 1. The highest BCUT2D eigenvalue weighted by atomic mass is 32.2. The predicted octanol–water partition coefficient (Wildman–Crippen LogP) is 4.12. The van der Waals surface area contributed by atoms with Crippen LogP contribution in [0.1, 0.15) is 22.8 Å². The average Bonchev–Trinajstić information content (AvgIpc) is 2.80. The molecule has 4 heteroatoms. The van der Waals surface area contributed by atoms with E-state index >= 15 is 0 Å². The summed E-state index contributed by atoms with van der Waals surface area (Å²) >= 11 is 1.47. The van der Waals surface area contributed by atoms with Gasteiger partial charge in [-0.05, 0) is 42.8 Å². The fraction of sp³-hybridized carbons (Fsp3) is 0.118. The highest BCUT2D eigenvalue weighted by molar-refractivity contribution is 8.04. The molecule has 0 saturated heterocycles. The van der Waals surface area contributed by atoms with Gasteiger partial charge in [-0.3, -0.25) is 4.79 Å². The van der Waals surface area contributed by atoms with Gasteiger partial charge in [0.1, 0.15) is 0 Å². The van der Waals surface area contributed by atoms with Crippen LogP contribution < -0.4 is 4.74 Å². The highest BCUT2D eigenvalue weighted by Gasteiger charge is 2.25. The normalized spacial score (nSPS) is 15.3. The molecule has 0 bridgehead atoms. The first-order valence-corrected chi connectivity index (χ1v) is 7.50. The number of rotatable bonds is 3. The molecule has 21 heavy (non-hydrogen) atoms. The van der Waals surface area contributed by atoms with Crippen molar-refractivity contribution in [2.75, 3.05) is 6.61 Å². The van der Waals surface area contributed by atoms with Gasteiger partial charge in [-0.1, -0.05) is 30.0 Å². The lowest BCUT2D eigenvalue weighted by Crippen LogP contribution is -1.94. The van der Waals surface area contributed by atoms with Crippen LogP contribution in [0.25, 0.3) is 6.08 Å². The SMILES string of the molecule is CCOc1cc(C=C2Sc3ccccc3C2=O)ccc1O. The first kappa shape index (κ1) is 13.8. The molecule has 1 aliphatic heterocycles. The van der Waals surface area contributed by atoms with E-state index in [0.29, 0.717) is 17.3 Å².